The third-order valence-electron chi connectivity index (χ3n) is 2.57. The molecule has 4 nitrogen and oxygen atoms in total. The molecule has 2 heterocycles. The predicted molar refractivity (Wildman–Crippen MR) is 74.1 cm³/mol. The topological polar surface area (TPSA) is 67.6 Å². The lowest BCUT2D eigenvalue weighted by Gasteiger charge is -1.94. The lowest BCUT2D eigenvalue weighted by molar-refractivity contribution is 1.28. The Morgan fingerprint density at radius 3 is 2.94 bits per heavy atom. The number of nitrogens with zero attached hydrogens (tertiary/aromatic N) is 2. The fourth-order valence-corrected chi connectivity index (χ4v) is 2.80. The SMILES string of the molecule is Cc1nsc(N)c1-c1nc2ccc(Br)cc2[nH]1. The zero-order valence-electron chi connectivity index (χ0n) is 8.99. The number of halogens is 1. The van der Waals surface area contributed by atoms with Gasteiger partial charge in [0, 0.05) is 4.47 Å². The molecule has 3 N–H and O–H groups in total. The average molecular weight is 309 g/mol. The minimum Gasteiger partial charge on any atom is -0.389 e. The van der Waals surface area contributed by atoms with E-state index in [0.717, 1.165) is 32.6 Å². The Kier molecular flexibility index (Phi) is 2.41. The molecule has 0 unspecified atom stereocenters. The summed E-state index contributed by atoms with van der Waals surface area (Å²) in [6, 6.07) is 5.93. The minimum absolute atomic E-state index is 0.695. The van der Waals surface area contributed by atoms with Gasteiger partial charge in [-0.15, -0.1) is 0 Å². The first-order chi connectivity index (χ1) is 8.15. The summed E-state index contributed by atoms with van der Waals surface area (Å²) in [5.41, 5.74) is 9.63. The molecule has 0 fully saturated rings. The van der Waals surface area contributed by atoms with Crippen LogP contribution in [-0.2, 0) is 0 Å². The average Bonchev–Trinajstić information content (AvgIpc) is 2.81. The van der Waals surface area contributed by atoms with Crippen LogP contribution in [0.2, 0.25) is 0 Å². The maximum Gasteiger partial charge on any atom is 0.143 e. The molecule has 2 aromatic heterocycles. The van der Waals surface area contributed by atoms with Gasteiger partial charge in [-0.3, -0.25) is 0 Å². The Hall–Kier alpha value is -1.40. The molecule has 0 amide bonds. The molecule has 0 aliphatic heterocycles. The normalized spacial score (nSPS) is 11.2. The molecule has 0 radical (unpaired) electrons. The molecule has 3 rings (SSSR count). The molecule has 0 spiro atoms. The Morgan fingerprint density at radius 1 is 1.41 bits per heavy atom. The number of nitrogens with two attached hydrogens (primary N) is 1. The number of fused-ring (bicyclic) bond motifs is 1. The maximum absolute atomic E-state index is 5.91. The van der Waals surface area contributed by atoms with Crippen LogP contribution in [0, 0.1) is 6.92 Å². The van der Waals surface area contributed by atoms with Crippen molar-refractivity contribution in [2.45, 2.75) is 6.92 Å². The van der Waals surface area contributed by atoms with Crippen LogP contribution in [0.1, 0.15) is 5.69 Å². The molecule has 6 heteroatoms. The Balaban J connectivity index is 2.25. The number of anilines is 1. The van der Waals surface area contributed by atoms with Crippen molar-refractivity contribution < 1.29 is 0 Å². The van der Waals surface area contributed by atoms with Crippen LogP contribution in [-0.4, -0.2) is 14.3 Å². The third kappa shape index (κ3) is 1.73. The van der Waals surface area contributed by atoms with Crippen molar-refractivity contribution in [3.63, 3.8) is 0 Å². The Morgan fingerprint density at radius 2 is 2.24 bits per heavy atom. The minimum atomic E-state index is 0.695. The molecule has 0 aliphatic rings. The van der Waals surface area contributed by atoms with Crippen molar-refractivity contribution in [3.05, 3.63) is 28.4 Å². The van der Waals surface area contributed by atoms with E-state index in [1.807, 2.05) is 25.1 Å². The second kappa shape index (κ2) is 3.82. The fourth-order valence-electron chi connectivity index (χ4n) is 1.78. The molecule has 0 saturated heterocycles. The van der Waals surface area contributed by atoms with Gasteiger partial charge >= 0.3 is 0 Å². The molecule has 1 aromatic carbocycles. The van der Waals surface area contributed by atoms with Crippen molar-refractivity contribution in [1.29, 1.82) is 0 Å². The van der Waals surface area contributed by atoms with Gasteiger partial charge in [-0.05, 0) is 36.7 Å². The summed E-state index contributed by atoms with van der Waals surface area (Å²) in [6.45, 7) is 1.94. The predicted octanol–water partition coefficient (Wildman–Crippen LogP) is 3.34. The van der Waals surface area contributed by atoms with Gasteiger partial charge in [0.2, 0.25) is 0 Å². The highest BCUT2D eigenvalue weighted by atomic mass is 79.9. The first-order valence-corrected chi connectivity index (χ1v) is 6.59. The number of rotatable bonds is 1. The van der Waals surface area contributed by atoms with Gasteiger partial charge in [0.15, 0.2) is 0 Å². The van der Waals surface area contributed by atoms with E-state index >= 15 is 0 Å². The van der Waals surface area contributed by atoms with Crippen LogP contribution in [0.15, 0.2) is 22.7 Å². The van der Waals surface area contributed by atoms with Crippen molar-refractivity contribution in [3.8, 4) is 11.4 Å². The van der Waals surface area contributed by atoms with Crippen LogP contribution in [0.3, 0.4) is 0 Å². The summed E-state index contributed by atoms with van der Waals surface area (Å²) in [5.74, 6) is 0.779. The van der Waals surface area contributed by atoms with Gasteiger partial charge in [0.25, 0.3) is 0 Å². The second-order valence-corrected chi connectivity index (χ2v) is 5.47. The van der Waals surface area contributed by atoms with E-state index in [1.54, 1.807) is 0 Å². The number of aryl methyl sites for hydroxylation is 1. The largest absolute Gasteiger partial charge is 0.389 e. The number of hydrogen-bond donors (Lipinski definition) is 2. The fraction of sp³-hybridized carbons (Fsp3) is 0.0909. The number of imidazole rings is 1. The van der Waals surface area contributed by atoms with E-state index in [-0.39, 0.29) is 0 Å². The standard InChI is InChI=1S/C11H9BrN4S/c1-5-9(10(13)17-16-5)11-14-7-3-2-6(12)4-8(7)15-11/h2-4H,13H2,1H3,(H,14,15). The van der Waals surface area contributed by atoms with Crippen LogP contribution < -0.4 is 5.73 Å². The number of benzene rings is 1. The zero-order valence-corrected chi connectivity index (χ0v) is 11.4. The molecule has 0 saturated carbocycles. The number of hydrogen-bond acceptors (Lipinski definition) is 4. The van der Waals surface area contributed by atoms with Crippen molar-refractivity contribution in [2.75, 3.05) is 5.73 Å². The number of aromatic nitrogens is 3. The Bertz CT molecular complexity index is 681. The van der Waals surface area contributed by atoms with Gasteiger partial charge in [0.05, 0.1) is 22.3 Å². The molecule has 0 bridgehead atoms. The molecule has 3 aromatic rings. The summed E-state index contributed by atoms with van der Waals surface area (Å²) >= 11 is 4.73. The van der Waals surface area contributed by atoms with Crippen LogP contribution in [0.4, 0.5) is 5.00 Å². The summed E-state index contributed by atoms with van der Waals surface area (Å²) < 4.78 is 5.25. The first-order valence-electron chi connectivity index (χ1n) is 5.02. The summed E-state index contributed by atoms with van der Waals surface area (Å²) in [6.07, 6.45) is 0. The highest BCUT2D eigenvalue weighted by Crippen LogP contribution is 2.31. The van der Waals surface area contributed by atoms with Gasteiger partial charge in [-0.25, -0.2) is 4.98 Å². The van der Waals surface area contributed by atoms with E-state index in [9.17, 15) is 0 Å². The lowest BCUT2D eigenvalue weighted by atomic mass is 10.2. The van der Waals surface area contributed by atoms with E-state index < -0.39 is 0 Å². The monoisotopic (exact) mass is 308 g/mol. The maximum atomic E-state index is 5.91. The van der Waals surface area contributed by atoms with Crippen LogP contribution in [0.5, 0.6) is 0 Å². The van der Waals surface area contributed by atoms with E-state index in [2.05, 4.69) is 30.3 Å². The quantitative estimate of drug-likeness (QED) is 0.724. The van der Waals surface area contributed by atoms with Crippen molar-refractivity contribution in [2.24, 2.45) is 0 Å². The molecular weight excluding hydrogens is 300 g/mol. The summed E-state index contributed by atoms with van der Waals surface area (Å²) in [4.78, 5) is 7.79. The molecular formula is C11H9BrN4S. The summed E-state index contributed by atoms with van der Waals surface area (Å²) in [5, 5.41) is 0.695. The van der Waals surface area contributed by atoms with E-state index in [4.69, 9.17) is 5.73 Å². The second-order valence-electron chi connectivity index (χ2n) is 3.75. The molecule has 0 atom stereocenters. The number of aromatic amines is 1. The molecule has 86 valence electrons. The van der Waals surface area contributed by atoms with Crippen LogP contribution in [0.25, 0.3) is 22.4 Å². The van der Waals surface area contributed by atoms with Crippen LogP contribution >= 0.6 is 27.5 Å². The summed E-state index contributed by atoms with van der Waals surface area (Å²) in [7, 11) is 0. The number of nitrogen functional groups attached to an aromatic ring is 1. The number of H-pyrrole nitrogens is 1. The number of nitrogens with one attached hydrogen (secondary N) is 1. The van der Waals surface area contributed by atoms with Crippen molar-refractivity contribution in [1.82, 2.24) is 14.3 Å². The van der Waals surface area contributed by atoms with Gasteiger partial charge in [-0.2, -0.15) is 4.37 Å². The first kappa shape index (κ1) is 10.7. The van der Waals surface area contributed by atoms with Gasteiger partial charge in [0.1, 0.15) is 10.8 Å². The van der Waals surface area contributed by atoms with E-state index in [1.165, 1.54) is 11.5 Å². The van der Waals surface area contributed by atoms with E-state index in [0.29, 0.717) is 5.00 Å². The molecule has 0 aliphatic carbocycles. The lowest BCUT2D eigenvalue weighted by Crippen LogP contribution is -1.87. The van der Waals surface area contributed by atoms with Gasteiger partial charge < -0.3 is 10.7 Å². The smallest absolute Gasteiger partial charge is 0.143 e. The highest BCUT2D eigenvalue weighted by Gasteiger charge is 2.14. The van der Waals surface area contributed by atoms with Crippen molar-refractivity contribution >= 4 is 43.5 Å². The zero-order chi connectivity index (χ0) is 12.0. The Labute approximate surface area is 110 Å². The highest BCUT2D eigenvalue weighted by molar-refractivity contribution is 9.10. The molecule has 17 heavy (non-hydrogen) atoms. The third-order valence-corrected chi connectivity index (χ3v) is 3.83. The van der Waals surface area contributed by atoms with Gasteiger partial charge in [-0.1, -0.05) is 15.9 Å².